The molecule has 1 aliphatic rings. The molecule has 3 amide bonds. The van der Waals surface area contributed by atoms with Crippen molar-refractivity contribution in [2.75, 3.05) is 36.0 Å². The minimum absolute atomic E-state index is 0.0826. The fourth-order valence-electron chi connectivity index (χ4n) is 4.75. The van der Waals surface area contributed by atoms with Crippen LogP contribution >= 0.6 is 35.0 Å². The van der Waals surface area contributed by atoms with Crippen molar-refractivity contribution in [1.29, 1.82) is 0 Å². The van der Waals surface area contributed by atoms with Gasteiger partial charge in [0.15, 0.2) is 11.1 Å². The molecule has 0 bridgehead atoms. The van der Waals surface area contributed by atoms with Crippen LogP contribution in [0.15, 0.2) is 102 Å². The Morgan fingerprint density at radius 3 is 2.24 bits per heavy atom. The average Bonchev–Trinajstić information content (AvgIpc) is 3.12. The van der Waals surface area contributed by atoms with E-state index in [4.69, 9.17) is 27.9 Å². The van der Waals surface area contributed by atoms with E-state index in [0.717, 1.165) is 35.0 Å². The van der Waals surface area contributed by atoms with Crippen LogP contribution < -0.4 is 21.3 Å². The maximum atomic E-state index is 13.5. The number of amides is 3. The molecule has 1 aliphatic heterocycles. The number of thioether (sulfide) groups is 1. The van der Waals surface area contributed by atoms with E-state index in [1.165, 1.54) is 0 Å². The Morgan fingerprint density at radius 1 is 0.837 bits per heavy atom. The van der Waals surface area contributed by atoms with Gasteiger partial charge in [0, 0.05) is 30.1 Å². The lowest BCUT2D eigenvalue weighted by Gasteiger charge is -2.18. The van der Waals surface area contributed by atoms with E-state index in [2.05, 4.69) is 26.3 Å². The van der Waals surface area contributed by atoms with E-state index in [-0.39, 0.29) is 22.3 Å². The summed E-state index contributed by atoms with van der Waals surface area (Å²) >= 11 is 14.7. The lowest BCUT2D eigenvalue weighted by atomic mass is 10.0. The van der Waals surface area contributed by atoms with Gasteiger partial charge in [0.2, 0.25) is 11.8 Å². The topological polar surface area (TPSA) is 138 Å². The minimum Gasteiger partial charge on any atom is -0.460 e. The predicted octanol–water partition coefficient (Wildman–Crippen LogP) is 6.41. The third-order valence-electron chi connectivity index (χ3n) is 7.31. The van der Waals surface area contributed by atoms with Crippen molar-refractivity contribution in [1.82, 2.24) is 10.6 Å². The average molecular weight is 719 g/mol. The highest BCUT2D eigenvalue weighted by Crippen LogP contribution is 2.36. The summed E-state index contributed by atoms with van der Waals surface area (Å²) in [5.41, 5.74) is 3.48. The summed E-state index contributed by atoms with van der Waals surface area (Å²) in [4.78, 5) is 56.8. The summed E-state index contributed by atoms with van der Waals surface area (Å²) < 4.78 is 5.44. The van der Waals surface area contributed by atoms with Crippen LogP contribution in [0.25, 0.3) is 11.1 Å². The minimum atomic E-state index is -1.47. The van der Waals surface area contributed by atoms with Crippen molar-refractivity contribution >= 4 is 75.2 Å². The molecule has 10 nitrogen and oxygen atoms in total. The molecular formula is C36H33Cl2N5O5S. The maximum Gasteiger partial charge on any atom is 0.320 e. The first-order valence-electron chi connectivity index (χ1n) is 15.4. The zero-order valence-electron chi connectivity index (χ0n) is 26.2. The van der Waals surface area contributed by atoms with Gasteiger partial charge in [-0.05, 0) is 53.4 Å². The van der Waals surface area contributed by atoms with Gasteiger partial charge in [0.25, 0.3) is 5.91 Å². The monoisotopic (exact) mass is 717 g/mol. The Hall–Kier alpha value is -4.84. The van der Waals surface area contributed by atoms with E-state index in [9.17, 15) is 19.2 Å². The highest BCUT2D eigenvalue weighted by atomic mass is 35.5. The number of aliphatic imine (C=N–C) groups is 1. The molecule has 5 rings (SSSR count). The van der Waals surface area contributed by atoms with Gasteiger partial charge >= 0.3 is 5.97 Å². The third kappa shape index (κ3) is 10.3. The largest absolute Gasteiger partial charge is 0.460 e. The molecule has 4 aromatic rings. The molecule has 0 radical (unpaired) electrons. The number of halogens is 2. The fourth-order valence-corrected chi connectivity index (χ4v) is 6.17. The third-order valence-corrected chi connectivity index (χ3v) is 8.90. The first kappa shape index (κ1) is 35.5. The molecule has 1 heterocycles. The van der Waals surface area contributed by atoms with Crippen molar-refractivity contribution in [2.45, 2.75) is 13.0 Å². The Bertz CT molecular complexity index is 1820. The number of amidine groups is 1. The smallest absolute Gasteiger partial charge is 0.320 e. The normalized spacial score (nSPS) is 13.0. The van der Waals surface area contributed by atoms with E-state index in [1.807, 2.05) is 42.5 Å². The number of anilines is 2. The SMILES string of the molecule is O=C(CNC(=O)c1cccc(NC2=NCCCS2)c1)NC[C@@H](C(=O)Nc1c(Cl)cc(-c2ccccc2)cc1Cl)C(=O)OCc1ccccc1. The molecule has 1 atom stereocenters. The van der Waals surface area contributed by atoms with E-state index in [0.29, 0.717) is 16.8 Å². The fraction of sp³-hybridized carbons (Fsp3) is 0.194. The Kier molecular flexibility index (Phi) is 12.7. The highest BCUT2D eigenvalue weighted by Gasteiger charge is 2.30. The Balaban J connectivity index is 1.22. The molecule has 4 aromatic carbocycles. The lowest BCUT2D eigenvalue weighted by molar-refractivity contribution is -0.152. The van der Waals surface area contributed by atoms with Crippen molar-refractivity contribution in [3.63, 3.8) is 0 Å². The molecule has 0 spiro atoms. The summed E-state index contributed by atoms with van der Waals surface area (Å²) in [7, 11) is 0. The van der Waals surface area contributed by atoms with Crippen LogP contribution in [0.1, 0.15) is 22.3 Å². The molecule has 0 unspecified atom stereocenters. The molecule has 0 aliphatic carbocycles. The van der Waals surface area contributed by atoms with E-state index >= 15 is 0 Å². The zero-order chi connectivity index (χ0) is 34.6. The molecule has 0 aromatic heterocycles. The molecular weight excluding hydrogens is 685 g/mol. The van der Waals surface area contributed by atoms with Crippen molar-refractivity contribution < 1.29 is 23.9 Å². The number of esters is 1. The van der Waals surface area contributed by atoms with Gasteiger partial charge in [0.1, 0.15) is 6.61 Å². The molecule has 252 valence electrons. The number of hydrogen-bond donors (Lipinski definition) is 4. The standard InChI is InChI=1S/C36H33Cl2N5O5S/c37-29-18-26(24-11-5-2-6-12-24)19-30(38)32(29)43-34(46)28(35(47)48-22-23-9-3-1-4-10-23)20-40-31(44)21-41-33(45)25-13-7-14-27(17-25)42-36-39-15-8-16-49-36/h1-7,9-14,17-19,28H,8,15-16,20-22H2,(H,39,42)(H,40,44)(H,41,45)(H,43,46)/t28-/m0/s1. The summed E-state index contributed by atoms with van der Waals surface area (Å²) in [6.45, 7) is -0.141. The second-order valence-corrected chi connectivity index (χ2v) is 12.8. The molecule has 0 fully saturated rings. The molecule has 13 heteroatoms. The summed E-state index contributed by atoms with van der Waals surface area (Å²) in [5, 5.41) is 12.1. The van der Waals surface area contributed by atoms with Crippen molar-refractivity contribution in [3.8, 4) is 11.1 Å². The van der Waals surface area contributed by atoms with Crippen LogP contribution in [0, 0.1) is 5.92 Å². The maximum absolute atomic E-state index is 13.5. The van der Waals surface area contributed by atoms with Crippen LogP contribution in [-0.2, 0) is 25.7 Å². The lowest BCUT2D eigenvalue weighted by Crippen LogP contribution is -2.44. The highest BCUT2D eigenvalue weighted by molar-refractivity contribution is 8.14. The van der Waals surface area contributed by atoms with Crippen LogP contribution in [0.5, 0.6) is 0 Å². The summed E-state index contributed by atoms with van der Waals surface area (Å²) in [6.07, 6.45) is 1.02. The molecule has 0 saturated carbocycles. The Morgan fingerprint density at radius 2 is 1.55 bits per heavy atom. The number of carbonyl (C=O) groups excluding carboxylic acids is 4. The van der Waals surface area contributed by atoms with Gasteiger partial charge in [-0.2, -0.15) is 0 Å². The molecule has 0 saturated heterocycles. The van der Waals surface area contributed by atoms with Gasteiger partial charge in [-0.15, -0.1) is 0 Å². The predicted molar refractivity (Wildman–Crippen MR) is 195 cm³/mol. The number of ether oxygens (including phenoxy) is 1. The van der Waals surface area contributed by atoms with Gasteiger partial charge in [0.05, 0.1) is 22.3 Å². The van der Waals surface area contributed by atoms with Gasteiger partial charge in [-0.3, -0.25) is 24.2 Å². The quantitative estimate of drug-likeness (QED) is 0.0982. The summed E-state index contributed by atoms with van der Waals surface area (Å²) in [6, 6.07) is 28.5. The second-order valence-electron chi connectivity index (χ2n) is 10.9. The van der Waals surface area contributed by atoms with Crippen LogP contribution in [0.2, 0.25) is 10.0 Å². The van der Waals surface area contributed by atoms with Crippen LogP contribution in [0.3, 0.4) is 0 Å². The first-order valence-corrected chi connectivity index (χ1v) is 17.2. The summed E-state index contributed by atoms with van der Waals surface area (Å²) in [5.74, 6) is -3.25. The second kappa shape index (κ2) is 17.5. The number of carbonyl (C=O) groups is 4. The first-order chi connectivity index (χ1) is 23.8. The molecule has 49 heavy (non-hydrogen) atoms. The Labute approximate surface area is 298 Å². The van der Waals surface area contributed by atoms with E-state index < -0.39 is 42.7 Å². The number of rotatable bonds is 12. The zero-order valence-corrected chi connectivity index (χ0v) is 28.5. The van der Waals surface area contributed by atoms with Gasteiger partial charge in [-0.1, -0.05) is 102 Å². The van der Waals surface area contributed by atoms with Crippen LogP contribution in [0.4, 0.5) is 11.4 Å². The van der Waals surface area contributed by atoms with Gasteiger partial charge in [-0.25, -0.2) is 0 Å². The number of nitrogens with one attached hydrogen (secondary N) is 4. The van der Waals surface area contributed by atoms with Crippen LogP contribution in [-0.4, -0.2) is 54.2 Å². The van der Waals surface area contributed by atoms with Crippen molar-refractivity contribution in [3.05, 3.63) is 118 Å². The van der Waals surface area contributed by atoms with Crippen molar-refractivity contribution in [2.24, 2.45) is 10.9 Å². The van der Waals surface area contributed by atoms with E-state index in [1.54, 1.807) is 66.4 Å². The number of benzene rings is 4. The number of nitrogens with zero attached hydrogens (tertiary/aromatic N) is 1. The molecule has 4 N–H and O–H groups in total. The van der Waals surface area contributed by atoms with Gasteiger partial charge < -0.3 is 26.0 Å². The number of hydrogen-bond acceptors (Lipinski definition) is 8.